The monoisotopic (exact) mass is 163 g/mol. The SMILES string of the molecule is N[C@]1(Cl)C=CC(Cl)=CC1. The molecule has 0 aromatic heterocycles. The highest BCUT2D eigenvalue weighted by atomic mass is 35.5. The van der Waals surface area contributed by atoms with Crippen LogP contribution in [-0.2, 0) is 0 Å². The second-order valence-electron chi connectivity index (χ2n) is 2.05. The van der Waals surface area contributed by atoms with Gasteiger partial charge in [0.1, 0.15) is 5.00 Å². The highest BCUT2D eigenvalue weighted by Crippen LogP contribution is 2.23. The molecule has 9 heavy (non-hydrogen) atoms. The van der Waals surface area contributed by atoms with Crippen molar-refractivity contribution in [1.29, 1.82) is 0 Å². The van der Waals surface area contributed by atoms with Gasteiger partial charge in [-0.3, -0.25) is 0 Å². The molecule has 0 saturated heterocycles. The van der Waals surface area contributed by atoms with Crippen molar-refractivity contribution in [2.24, 2.45) is 5.73 Å². The van der Waals surface area contributed by atoms with Crippen molar-refractivity contribution < 1.29 is 0 Å². The van der Waals surface area contributed by atoms with E-state index < -0.39 is 5.00 Å². The summed E-state index contributed by atoms with van der Waals surface area (Å²) in [6.45, 7) is 0. The average molecular weight is 164 g/mol. The molecule has 0 fully saturated rings. The molecule has 0 aliphatic heterocycles. The number of allylic oxidation sites excluding steroid dienone is 2. The molecule has 0 aromatic rings. The molecule has 0 saturated carbocycles. The van der Waals surface area contributed by atoms with Crippen LogP contribution in [0.15, 0.2) is 23.3 Å². The van der Waals surface area contributed by atoms with Gasteiger partial charge >= 0.3 is 0 Å². The molecule has 1 aliphatic rings. The summed E-state index contributed by atoms with van der Waals surface area (Å²) in [5.74, 6) is 0. The minimum atomic E-state index is -0.710. The van der Waals surface area contributed by atoms with Crippen molar-refractivity contribution >= 4 is 23.2 Å². The molecule has 1 rings (SSSR count). The molecule has 1 atom stereocenters. The maximum absolute atomic E-state index is 5.73. The van der Waals surface area contributed by atoms with Gasteiger partial charge < -0.3 is 5.73 Å². The Morgan fingerprint density at radius 3 is 2.67 bits per heavy atom. The molecule has 0 heterocycles. The third kappa shape index (κ3) is 2.01. The van der Waals surface area contributed by atoms with E-state index in [2.05, 4.69) is 0 Å². The molecule has 2 N–H and O–H groups in total. The van der Waals surface area contributed by atoms with Gasteiger partial charge in [0.2, 0.25) is 0 Å². The van der Waals surface area contributed by atoms with Gasteiger partial charge in [-0.1, -0.05) is 29.3 Å². The smallest absolute Gasteiger partial charge is 0.113 e. The fourth-order valence-corrected chi connectivity index (χ4v) is 0.888. The van der Waals surface area contributed by atoms with E-state index in [1.54, 1.807) is 18.2 Å². The van der Waals surface area contributed by atoms with Crippen molar-refractivity contribution in [3.05, 3.63) is 23.3 Å². The standard InChI is InChI=1S/C6H7Cl2N/c7-5-1-3-6(8,9)4-2-5/h1-3H,4,9H2/t6-/m1/s1. The molecular weight excluding hydrogens is 157 g/mol. The summed E-state index contributed by atoms with van der Waals surface area (Å²) in [6, 6.07) is 0. The molecule has 0 radical (unpaired) electrons. The van der Waals surface area contributed by atoms with Crippen LogP contribution >= 0.6 is 23.2 Å². The van der Waals surface area contributed by atoms with Gasteiger partial charge in [-0.25, -0.2) is 0 Å². The van der Waals surface area contributed by atoms with Crippen LogP contribution in [0.2, 0.25) is 0 Å². The summed E-state index contributed by atoms with van der Waals surface area (Å²) in [6.07, 6.45) is 5.80. The third-order valence-electron chi connectivity index (χ3n) is 1.13. The van der Waals surface area contributed by atoms with E-state index in [0.717, 1.165) is 0 Å². The predicted octanol–water partition coefficient (Wildman–Crippen LogP) is 1.96. The van der Waals surface area contributed by atoms with Crippen LogP contribution in [0.25, 0.3) is 0 Å². The van der Waals surface area contributed by atoms with Gasteiger partial charge in [-0.2, -0.15) is 0 Å². The van der Waals surface area contributed by atoms with Crippen LogP contribution < -0.4 is 5.73 Å². The van der Waals surface area contributed by atoms with E-state index >= 15 is 0 Å². The Hall–Kier alpha value is 0.0200. The number of halogens is 2. The zero-order valence-corrected chi connectivity index (χ0v) is 6.28. The number of rotatable bonds is 0. The van der Waals surface area contributed by atoms with Crippen molar-refractivity contribution in [1.82, 2.24) is 0 Å². The average Bonchev–Trinajstić information content (AvgIpc) is 1.78. The maximum Gasteiger partial charge on any atom is 0.113 e. The van der Waals surface area contributed by atoms with Crippen LogP contribution in [0.5, 0.6) is 0 Å². The lowest BCUT2D eigenvalue weighted by Gasteiger charge is -2.17. The fourth-order valence-electron chi connectivity index (χ4n) is 0.608. The van der Waals surface area contributed by atoms with Gasteiger partial charge in [0.15, 0.2) is 0 Å². The first-order chi connectivity index (χ1) is 4.10. The zero-order valence-electron chi connectivity index (χ0n) is 4.77. The lowest BCUT2D eigenvalue weighted by Crippen LogP contribution is -2.30. The molecule has 1 aliphatic carbocycles. The second kappa shape index (κ2) is 2.33. The highest BCUT2D eigenvalue weighted by Gasteiger charge is 2.18. The highest BCUT2D eigenvalue weighted by molar-refractivity contribution is 6.32. The van der Waals surface area contributed by atoms with Gasteiger partial charge in [0.25, 0.3) is 0 Å². The first-order valence-corrected chi connectivity index (χ1v) is 3.38. The lowest BCUT2D eigenvalue weighted by molar-refractivity contribution is 0.741. The van der Waals surface area contributed by atoms with E-state index in [0.29, 0.717) is 11.5 Å². The molecule has 0 spiro atoms. The largest absolute Gasteiger partial charge is 0.309 e. The number of alkyl halides is 1. The fraction of sp³-hybridized carbons (Fsp3) is 0.333. The first kappa shape index (κ1) is 7.13. The molecule has 0 amide bonds. The Balaban J connectivity index is 2.70. The van der Waals surface area contributed by atoms with Gasteiger partial charge in [0.05, 0.1) is 0 Å². The summed E-state index contributed by atoms with van der Waals surface area (Å²) in [7, 11) is 0. The minimum absolute atomic E-state index is 0.601. The number of nitrogens with two attached hydrogens (primary N) is 1. The summed E-state index contributed by atoms with van der Waals surface area (Å²) in [4.78, 5) is -0.710. The van der Waals surface area contributed by atoms with E-state index in [-0.39, 0.29) is 0 Å². The van der Waals surface area contributed by atoms with Crippen molar-refractivity contribution in [3.8, 4) is 0 Å². The van der Waals surface area contributed by atoms with Crippen molar-refractivity contribution in [2.45, 2.75) is 11.4 Å². The molecule has 50 valence electrons. The Labute approximate surface area is 64.1 Å². The lowest BCUT2D eigenvalue weighted by atomic mass is 10.1. The van der Waals surface area contributed by atoms with Crippen LogP contribution in [0, 0.1) is 0 Å². The summed E-state index contributed by atoms with van der Waals surface area (Å²) < 4.78 is 0. The molecule has 0 aromatic carbocycles. The molecular formula is C6H7Cl2N. The van der Waals surface area contributed by atoms with E-state index in [1.165, 1.54) is 0 Å². The molecule has 3 heteroatoms. The Morgan fingerprint density at radius 1 is 1.67 bits per heavy atom. The number of hydrogen-bond acceptors (Lipinski definition) is 1. The third-order valence-corrected chi connectivity index (χ3v) is 1.69. The van der Waals surface area contributed by atoms with Gasteiger partial charge in [-0.15, -0.1) is 0 Å². The maximum atomic E-state index is 5.73. The quantitative estimate of drug-likeness (QED) is 0.429. The second-order valence-corrected chi connectivity index (χ2v) is 3.19. The van der Waals surface area contributed by atoms with Crippen LogP contribution in [0.3, 0.4) is 0 Å². The Bertz CT molecular complexity index is 170. The van der Waals surface area contributed by atoms with Crippen molar-refractivity contribution in [2.75, 3.05) is 0 Å². The summed E-state index contributed by atoms with van der Waals surface area (Å²) >= 11 is 11.3. The van der Waals surface area contributed by atoms with Crippen molar-refractivity contribution in [3.63, 3.8) is 0 Å². The first-order valence-electron chi connectivity index (χ1n) is 2.63. The van der Waals surface area contributed by atoms with Crippen LogP contribution in [0.1, 0.15) is 6.42 Å². The zero-order chi connectivity index (χ0) is 6.91. The van der Waals surface area contributed by atoms with Gasteiger partial charge in [0, 0.05) is 11.5 Å². The summed E-state index contributed by atoms with van der Waals surface area (Å²) in [5.41, 5.74) is 5.52. The predicted molar refractivity (Wildman–Crippen MR) is 40.5 cm³/mol. The summed E-state index contributed by atoms with van der Waals surface area (Å²) in [5, 5.41) is 0.705. The number of hydrogen-bond donors (Lipinski definition) is 1. The molecule has 1 nitrogen and oxygen atoms in total. The Kier molecular flexibility index (Phi) is 1.85. The van der Waals surface area contributed by atoms with E-state index in [4.69, 9.17) is 28.9 Å². The van der Waals surface area contributed by atoms with Gasteiger partial charge in [-0.05, 0) is 12.2 Å². The van der Waals surface area contributed by atoms with E-state index in [1.807, 2.05) is 0 Å². The molecule has 0 bridgehead atoms. The minimum Gasteiger partial charge on any atom is -0.309 e. The Morgan fingerprint density at radius 2 is 2.33 bits per heavy atom. The molecule has 0 unspecified atom stereocenters. The van der Waals surface area contributed by atoms with Crippen LogP contribution in [-0.4, -0.2) is 5.00 Å². The topological polar surface area (TPSA) is 26.0 Å². The van der Waals surface area contributed by atoms with Crippen LogP contribution in [0.4, 0.5) is 0 Å². The normalized spacial score (nSPS) is 34.3. The van der Waals surface area contributed by atoms with E-state index in [9.17, 15) is 0 Å².